The number of hydrogen-bond donors (Lipinski definition) is 1. The highest BCUT2D eigenvalue weighted by Gasteiger charge is 2.43. The number of nitrogens with one attached hydrogen (secondary N) is 1. The first-order valence-corrected chi connectivity index (χ1v) is 11.1. The van der Waals surface area contributed by atoms with Gasteiger partial charge in [-0.25, -0.2) is 0 Å². The molecule has 0 unspecified atom stereocenters. The van der Waals surface area contributed by atoms with Gasteiger partial charge in [-0.1, -0.05) is 48.9 Å². The Hall–Kier alpha value is -2.72. The molecule has 1 atom stereocenters. The van der Waals surface area contributed by atoms with Crippen LogP contribution in [0.4, 0.5) is 5.69 Å². The van der Waals surface area contributed by atoms with E-state index in [2.05, 4.69) is 58.2 Å². The molecule has 2 aliphatic rings. The van der Waals surface area contributed by atoms with E-state index in [1.807, 2.05) is 30.3 Å². The number of rotatable bonds is 3. The van der Waals surface area contributed by atoms with Crippen LogP contribution in [0.2, 0.25) is 5.02 Å². The molecule has 1 fully saturated rings. The molecule has 5 heteroatoms. The molecule has 0 radical (unpaired) electrons. The van der Waals surface area contributed by atoms with Gasteiger partial charge in [-0.05, 0) is 55.2 Å². The lowest BCUT2D eigenvalue weighted by molar-refractivity contribution is -0.134. The number of piperidine rings is 1. The SMILES string of the molecule is CC[C@@H](C(=O)N1CCC2(CC1)Nc1ccc(Cl)cc1-n1cccc12)c1ccccc1. The topological polar surface area (TPSA) is 37.3 Å². The van der Waals surface area contributed by atoms with E-state index in [0.29, 0.717) is 0 Å². The van der Waals surface area contributed by atoms with Crippen molar-refractivity contribution in [1.82, 2.24) is 9.47 Å². The van der Waals surface area contributed by atoms with Gasteiger partial charge in [0.2, 0.25) is 5.91 Å². The zero-order chi connectivity index (χ0) is 20.7. The van der Waals surface area contributed by atoms with Crippen LogP contribution >= 0.6 is 11.6 Å². The van der Waals surface area contributed by atoms with E-state index in [4.69, 9.17) is 11.6 Å². The molecule has 3 heterocycles. The number of halogens is 1. The average Bonchev–Trinajstić information content (AvgIpc) is 3.28. The summed E-state index contributed by atoms with van der Waals surface area (Å²) in [6.07, 6.45) is 4.69. The summed E-state index contributed by atoms with van der Waals surface area (Å²) in [6.45, 7) is 3.60. The van der Waals surface area contributed by atoms with Crippen molar-refractivity contribution in [2.24, 2.45) is 0 Å². The number of aromatic nitrogens is 1. The van der Waals surface area contributed by atoms with Crippen molar-refractivity contribution >= 4 is 23.2 Å². The zero-order valence-corrected chi connectivity index (χ0v) is 17.9. The number of benzene rings is 2. The summed E-state index contributed by atoms with van der Waals surface area (Å²) >= 11 is 6.25. The van der Waals surface area contributed by atoms with Crippen LogP contribution in [0.25, 0.3) is 5.69 Å². The Labute approximate surface area is 182 Å². The number of amides is 1. The number of carbonyl (C=O) groups excluding carboxylic acids is 1. The van der Waals surface area contributed by atoms with Crippen molar-refractivity contribution in [3.8, 4) is 5.69 Å². The minimum atomic E-state index is -0.157. The van der Waals surface area contributed by atoms with Crippen LogP contribution < -0.4 is 5.32 Å². The monoisotopic (exact) mass is 419 g/mol. The maximum Gasteiger partial charge on any atom is 0.230 e. The largest absolute Gasteiger partial charge is 0.372 e. The van der Waals surface area contributed by atoms with Gasteiger partial charge in [-0.15, -0.1) is 0 Å². The molecule has 1 amide bonds. The Balaban J connectivity index is 1.38. The number of likely N-dealkylation sites (tertiary alicyclic amines) is 1. The Morgan fingerprint density at radius 1 is 1.10 bits per heavy atom. The first-order valence-electron chi connectivity index (χ1n) is 10.7. The molecule has 1 N–H and O–H groups in total. The summed E-state index contributed by atoms with van der Waals surface area (Å²) in [5.74, 6) is 0.184. The van der Waals surface area contributed by atoms with Crippen LogP contribution in [0, 0.1) is 0 Å². The highest BCUT2D eigenvalue weighted by Crippen LogP contribution is 2.44. The molecule has 1 spiro atoms. The molecule has 1 saturated heterocycles. The average molecular weight is 420 g/mol. The lowest BCUT2D eigenvalue weighted by Crippen LogP contribution is -2.51. The molecular formula is C25H26ClN3O. The molecule has 0 aliphatic carbocycles. The zero-order valence-electron chi connectivity index (χ0n) is 17.1. The third-order valence-corrected chi connectivity index (χ3v) is 6.90. The summed E-state index contributed by atoms with van der Waals surface area (Å²) in [7, 11) is 0. The van der Waals surface area contributed by atoms with Crippen molar-refractivity contribution in [2.45, 2.75) is 37.6 Å². The van der Waals surface area contributed by atoms with Crippen LogP contribution in [0.1, 0.15) is 43.4 Å². The summed E-state index contributed by atoms with van der Waals surface area (Å²) in [6, 6.07) is 20.4. The second-order valence-corrected chi connectivity index (χ2v) is 8.77. The second kappa shape index (κ2) is 7.51. The van der Waals surface area contributed by atoms with Crippen LogP contribution in [-0.2, 0) is 10.3 Å². The van der Waals surface area contributed by atoms with Gasteiger partial charge in [-0.2, -0.15) is 0 Å². The third kappa shape index (κ3) is 3.10. The normalized spacial score (nSPS) is 17.7. The van der Waals surface area contributed by atoms with E-state index in [1.54, 1.807) is 0 Å². The van der Waals surface area contributed by atoms with Gasteiger partial charge in [-0.3, -0.25) is 4.79 Å². The fraction of sp³-hybridized carbons (Fsp3) is 0.320. The van der Waals surface area contributed by atoms with Crippen molar-refractivity contribution < 1.29 is 4.79 Å². The van der Waals surface area contributed by atoms with Crippen molar-refractivity contribution in [1.29, 1.82) is 0 Å². The molecule has 0 bridgehead atoms. The minimum Gasteiger partial charge on any atom is -0.372 e. The lowest BCUT2D eigenvalue weighted by Gasteiger charge is -2.46. The third-order valence-electron chi connectivity index (χ3n) is 6.67. The summed E-state index contributed by atoms with van der Waals surface area (Å²) < 4.78 is 2.24. The molecule has 5 rings (SSSR count). The molecule has 2 aromatic carbocycles. The number of anilines is 1. The Kier molecular flexibility index (Phi) is 4.82. The minimum absolute atomic E-state index is 0.0636. The predicted molar refractivity (Wildman–Crippen MR) is 121 cm³/mol. The number of carbonyl (C=O) groups is 1. The Morgan fingerprint density at radius 3 is 2.60 bits per heavy atom. The number of nitrogens with zero attached hydrogens (tertiary/aromatic N) is 2. The number of fused-ring (bicyclic) bond motifs is 4. The number of hydrogen-bond acceptors (Lipinski definition) is 2. The van der Waals surface area contributed by atoms with Crippen LogP contribution in [-0.4, -0.2) is 28.5 Å². The molecule has 0 saturated carbocycles. The van der Waals surface area contributed by atoms with Gasteiger partial charge in [0.15, 0.2) is 0 Å². The fourth-order valence-corrected chi connectivity index (χ4v) is 5.23. The van der Waals surface area contributed by atoms with Gasteiger partial charge < -0.3 is 14.8 Å². The van der Waals surface area contributed by atoms with E-state index in [9.17, 15) is 4.79 Å². The van der Waals surface area contributed by atoms with Gasteiger partial charge in [0, 0.05) is 30.0 Å². The maximum atomic E-state index is 13.3. The van der Waals surface area contributed by atoms with Crippen molar-refractivity contribution in [2.75, 3.05) is 18.4 Å². The highest BCUT2D eigenvalue weighted by molar-refractivity contribution is 6.30. The standard InChI is InChI=1S/C25H26ClN3O/c1-2-20(18-7-4-3-5-8-18)24(30)28-15-12-25(13-16-28)23-9-6-14-29(23)22-17-19(26)10-11-21(22)27-25/h3-11,14,17,20,27H,2,12-13,15-16H2,1H3/t20-/m1/s1. The first kappa shape index (κ1) is 19.3. The summed E-state index contributed by atoms with van der Waals surface area (Å²) in [5.41, 5.74) is 4.39. The van der Waals surface area contributed by atoms with E-state index < -0.39 is 0 Å². The first-order chi connectivity index (χ1) is 14.6. The molecule has 4 nitrogen and oxygen atoms in total. The molecule has 154 valence electrons. The smallest absolute Gasteiger partial charge is 0.230 e. The molecular weight excluding hydrogens is 394 g/mol. The van der Waals surface area contributed by atoms with E-state index in [0.717, 1.165) is 54.3 Å². The van der Waals surface area contributed by atoms with Crippen molar-refractivity contribution in [3.05, 3.63) is 83.1 Å². The van der Waals surface area contributed by atoms with Crippen LogP contribution in [0.15, 0.2) is 66.9 Å². The summed E-state index contributed by atoms with van der Waals surface area (Å²) in [5, 5.41) is 4.53. The second-order valence-electron chi connectivity index (χ2n) is 8.33. The van der Waals surface area contributed by atoms with E-state index in [-0.39, 0.29) is 17.4 Å². The predicted octanol–water partition coefficient (Wildman–Crippen LogP) is 5.57. The molecule has 3 aromatic rings. The fourth-order valence-electron chi connectivity index (χ4n) is 5.06. The van der Waals surface area contributed by atoms with E-state index >= 15 is 0 Å². The molecule has 30 heavy (non-hydrogen) atoms. The quantitative estimate of drug-likeness (QED) is 0.602. The maximum absolute atomic E-state index is 13.3. The highest BCUT2D eigenvalue weighted by atomic mass is 35.5. The lowest BCUT2D eigenvalue weighted by atomic mass is 9.81. The van der Waals surface area contributed by atoms with Crippen LogP contribution in [0.5, 0.6) is 0 Å². The van der Waals surface area contributed by atoms with Gasteiger partial charge in [0.05, 0.1) is 22.8 Å². The molecule has 2 aliphatic heterocycles. The van der Waals surface area contributed by atoms with Crippen molar-refractivity contribution in [3.63, 3.8) is 0 Å². The van der Waals surface area contributed by atoms with Gasteiger partial charge in [0.1, 0.15) is 0 Å². The Bertz CT molecular complexity index is 1070. The Morgan fingerprint density at radius 2 is 1.87 bits per heavy atom. The van der Waals surface area contributed by atoms with Crippen LogP contribution in [0.3, 0.4) is 0 Å². The van der Waals surface area contributed by atoms with E-state index in [1.165, 1.54) is 5.69 Å². The van der Waals surface area contributed by atoms with Gasteiger partial charge >= 0.3 is 0 Å². The van der Waals surface area contributed by atoms with Gasteiger partial charge in [0.25, 0.3) is 0 Å². The molecule has 1 aromatic heterocycles. The summed E-state index contributed by atoms with van der Waals surface area (Å²) in [4.78, 5) is 15.4.